The van der Waals surface area contributed by atoms with Gasteiger partial charge in [0.05, 0.1) is 18.5 Å². The zero-order valence-corrected chi connectivity index (χ0v) is 30.9. The second-order valence-corrected chi connectivity index (χ2v) is 14.1. The Hall–Kier alpha value is -6.05. The molecule has 0 fully saturated rings. The SMILES string of the molecule is COC1=C/C(=C2\c3ccc([nH]3)/C(c3ccccc3Cl)=C3/C=CC(=N3)/C(c3ccccc3Cl)=c3/cc/c([nH]3)=C(\c3ccccc3Cl)c3ccc2[nH]3)C=CC1=O. The van der Waals surface area contributed by atoms with E-state index in [0.717, 1.165) is 89.4 Å². The number of benzene rings is 3. The summed E-state index contributed by atoms with van der Waals surface area (Å²) in [7, 11) is 1.50. The Kier molecular flexibility index (Phi) is 8.59. The number of nitrogens with one attached hydrogen (secondary N) is 3. The lowest BCUT2D eigenvalue weighted by Crippen LogP contribution is -2.20. The topological polar surface area (TPSA) is 86.0 Å². The van der Waals surface area contributed by atoms with Crippen LogP contribution in [0.25, 0.3) is 22.3 Å². The molecule has 54 heavy (non-hydrogen) atoms. The molecule has 8 bridgehead atoms. The van der Waals surface area contributed by atoms with E-state index in [0.29, 0.717) is 15.1 Å². The average molecular weight is 764 g/mol. The Morgan fingerprint density at radius 3 is 1.59 bits per heavy atom. The first-order valence-corrected chi connectivity index (χ1v) is 18.3. The van der Waals surface area contributed by atoms with E-state index >= 15 is 0 Å². The maximum Gasteiger partial charge on any atom is 0.220 e. The van der Waals surface area contributed by atoms with Crippen LogP contribution in [0, 0.1) is 0 Å². The van der Waals surface area contributed by atoms with Crippen LogP contribution in [0.15, 0.2) is 162 Å². The second kappa shape index (κ2) is 13.7. The summed E-state index contributed by atoms with van der Waals surface area (Å²) in [4.78, 5) is 29.1. The highest BCUT2D eigenvalue weighted by atomic mass is 35.5. The minimum Gasteiger partial charge on any atom is -0.493 e. The van der Waals surface area contributed by atoms with Gasteiger partial charge in [0.15, 0.2) is 5.76 Å². The van der Waals surface area contributed by atoms with Crippen molar-refractivity contribution in [2.24, 2.45) is 4.99 Å². The number of allylic oxidation sites excluding steroid dienone is 6. The van der Waals surface area contributed by atoms with Crippen LogP contribution in [0.4, 0.5) is 0 Å². The molecule has 0 radical (unpaired) electrons. The van der Waals surface area contributed by atoms with Gasteiger partial charge in [0.2, 0.25) is 5.78 Å². The number of rotatable bonds is 4. The third-order valence-corrected chi connectivity index (χ3v) is 10.7. The molecule has 0 unspecified atom stereocenters. The molecule has 1 aliphatic carbocycles. The van der Waals surface area contributed by atoms with Crippen molar-refractivity contribution in [1.29, 1.82) is 0 Å². The van der Waals surface area contributed by atoms with Crippen LogP contribution >= 0.6 is 34.8 Å². The smallest absolute Gasteiger partial charge is 0.220 e. The summed E-state index contributed by atoms with van der Waals surface area (Å²) >= 11 is 20.8. The first-order valence-electron chi connectivity index (χ1n) is 17.2. The molecule has 5 heterocycles. The molecule has 262 valence electrons. The number of hydrogen-bond donors (Lipinski definition) is 3. The summed E-state index contributed by atoms with van der Waals surface area (Å²) in [6.07, 6.45) is 9.12. The molecule has 6 nitrogen and oxygen atoms in total. The van der Waals surface area contributed by atoms with Crippen molar-refractivity contribution >= 4 is 68.6 Å². The summed E-state index contributed by atoms with van der Waals surface area (Å²) < 4.78 is 5.49. The molecular formula is C45H29Cl3N4O2. The lowest BCUT2D eigenvalue weighted by molar-refractivity contribution is -0.114. The fourth-order valence-electron chi connectivity index (χ4n) is 7.25. The molecule has 6 aromatic rings. The molecule has 3 aliphatic rings. The number of carbonyl (C=O) groups excluding carboxylic acids is 1. The van der Waals surface area contributed by atoms with E-state index in [1.807, 2.05) is 127 Å². The molecule has 0 atom stereocenters. The van der Waals surface area contributed by atoms with Gasteiger partial charge >= 0.3 is 0 Å². The summed E-state index contributed by atoms with van der Waals surface area (Å²) in [6.45, 7) is 0. The Balaban J connectivity index is 1.44. The van der Waals surface area contributed by atoms with Gasteiger partial charge in [0.1, 0.15) is 0 Å². The van der Waals surface area contributed by atoms with Crippen molar-refractivity contribution in [3.05, 3.63) is 222 Å². The van der Waals surface area contributed by atoms with Crippen LogP contribution in [0.2, 0.25) is 15.1 Å². The molecular weight excluding hydrogens is 735 g/mol. The van der Waals surface area contributed by atoms with Crippen molar-refractivity contribution in [1.82, 2.24) is 15.0 Å². The van der Waals surface area contributed by atoms with E-state index in [4.69, 9.17) is 44.5 Å². The lowest BCUT2D eigenvalue weighted by Gasteiger charge is -2.14. The Labute approximate surface area is 325 Å². The summed E-state index contributed by atoms with van der Waals surface area (Å²) in [6, 6.07) is 35.5. The van der Waals surface area contributed by atoms with Gasteiger partial charge in [-0.05, 0) is 84.5 Å². The van der Waals surface area contributed by atoms with Gasteiger partial charge in [0, 0.05) is 87.5 Å². The zero-order chi connectivity index (χ0) is 36.9. The third kappa shape index (κ3) is 5.85. The fourth-order valence-corrected chi connectivity index (χ4v) is 7.94. The minimum absolute atomic E-state index is 0.202. The van der Waals surface area contributed by atoms with E-state index in [-0.39, 0.29) is 11.5 Å². The van der Waals surface area contributed by atoms with Gasteiger partial charge in [-0.25, -0.2) is 4.99 Å². The predicted molar refractivity (Wildman–Crippen MR) is 218 cm³/mol. The standard InChI is InChI=1S/C45H29Cl3N4O2/c1-54-41-24-25(14-23-40(41)53)42-32-15-17-34(49-32)43(26-8-2-5-11-29(26)46)36-19-21-38(51-36)45(28-10-4-7-13-31(28)48)39-22-20-37(52-39)44(35-18-16-33(42)50-35)27-9-3-6-12-30(27)47/h2-24,49-51H,1H3/b42-25-,43-36-,44-37-,45-38-. The second-order valence-electron chi connectivity index (χ2n) is 12.9. The molecule has 9 heteroatoms. The highest BCUT2D eigenvalue weighted by Crippen LogP contribution is 2.38. The van der Waals surface area contributed by atoms with Crippen LogP contribution < -0.4 is 10.7 Å². The first kappa shape index (κ1) is 33.8. The van der Waals surface area contributed by atoms with Crippen LogP contribution in [0.3, 0.4) is 0 Å². The Bertz CT molecular complexity index is 2870. The predicted octanol–water partition coefficient (Wildman–Crippen LogP) is 9.33. The van der Waals surface area contributed by atoms with Gasteiger partial charge < -0.3 is 19.7 Å². The number of ether oxygens (including phenoxy) is 1. The van der Waals surface area contributed by atoms with Crippen molar-refractivity contribution in [2.75, 3.05) is 7.11 Å². The van der Waals surface area contributed by atoms with Crippen LogP contribution in [-0.2, 0) is 9.53 Å². The first-order chi connectivity index (χ1) is 26.4. The zero-order valence-electron chi connectivity index (χ0n) is 28.7. The van der Waals surface area contributed by atoms with Crippen molar-refractivity contribution in [3.8, 4) is 0 Å². The maximum absolute atomic E-state index is 12.7. The van der Waals surface area contributed by atoms with E-state index < -0.39 is 0 Å². The van der Waals surface area contributed by atoms with Crippen molar-refractivity contribution in [2.45, 2.75) is 0 Å². The van der Waals surface area contributed by atoms with Gasteiger partial charge in [-0.1, -0.05) is 95.5 Å². The number of aliphatic imine (C=N–C) groups is 1. The lowest BCUT2D eigenvalue weighted by atomic mass is 9.97. The molecule has 3 aromatic heterocycles. The number of carbonyl (C=O) groups is 1. The summed E-state index contributed by atoms with van der Waals surface area (Å²) in [5.74, 6) is 0.0435. The molecule has 9 rings (SSSR count). The van der Waals surface area contributed by atoms with Gasteiger partial charge in [0.25, 0.3) is 0 Å². The summed E-state index contributed by atoms with van der Waals surface area (Å²) in [5, 5.41) is 3.44. The Morgan fingerprint density at radius 2 is 1.02 bits per heavy atom. The van der Waals surface area contributed by atoms with E-state index in [1.54, 1.807) is 6.08 Å². The van der Waals surface area contributed by atoms with Crippen molar-refractivity contribution in [3.63, 3.8) is 0 Å². The van der Waals surface area contributed by atoms with E-state index in [2.05, 4.69) is 15.0 Å². The van der Waals surface area contributed by atoms with Gasteiger partial charge in [-0.2, -0.15) is 0 Å². The van der Waals surface area contributed by atoms with Gasteiger partial charge in [-0.15, -0.1) is 0 Å². The average Bonchev–Trinajstić information content (AvgIpc) is 4.02. The number of fused-ring (bicyclic) bond motifs is 7. The third-order valence-electron chi connectivity index (χ3n) is 9.71. The maximum atomic E-state index is 12.7. The highest BCUT2D eigenvalue weighted by Gasteiger charge is 2.25. The number of aromatic amines is 3. The largest absolute Gasteiger partial charge is 0.493 e. The number of ketones is 1. The van der Waals surface area contributed by atoms with Crippen molar-refractivity contribution < 1.29 is 9.53 Å². The number of halogens is 3. The monoisotopic (exact) mass is 762 g/mol. The van der Waals surface area contributed by atoms with Crippen LogP contribution in [0.1, 0.15) is 39.5 Å². The number of nitrogens with zero attached hydrogens (tertiary/aromatic N) is 1. The highest BCUT2D eigenvalue weighted by molar-refractivity contribution is 6.38. The number of hydrogen-bond acceptors (Lipinski definition) is 3. The molecule has 0 amide bonds. The van der Waals surface area contributed by atoms with E-state index in [1.165, 1.54) is 13.2 Å². The number of aromatic nitrogens is 3. The van der Waals surface area contributed by atoms with Crippen LogP contribution in [0.5, 0.6) is 0 Å². The summed E-state index contributed by atoms with van der Waals surface area (Å²) in [5.41, 5.74) is 11.3. The number of methoxy groups -OCH3 is 1. The van der Waals surface area contributed by atoms with Crippen LogP contribution in [-0.4, -0.2) is 33.6 Å². The molecule has 0 saturated heterocycles. The molecule has 3 N–H and O–H groups in total. The quantitative estimate of drug-likeness (QED) is 0.167. The number of H-pyrrole nitrogens is 3. The molecule has 0 spiro atoms. The Morgan fingerprint density at radius 1 is 0.519 bits per heavy atom. The normalized spacial score (nSPS) is 20.0. The minimum atomic E-state index is -0.202. The van der Waals surface area contributed by atoms with E-state index in [9.17, 15) is 4.79 Å². The molecule has 0 saturated carbocycles. The fraction of sp³-hybridized carbons (Fsp3) is 0.0222. The van der Waals surface area contributed by atoms with Gasteiger partial charge in [-0.3, -0.25) is 4.79 Å². The molecule has 2 aliphatic heterocycles. The molecule has 3 aromatic carbocycles.